The molecule has 2 heteroatoms. The van der Waals surface area contributed by atoms with Crippen molar-refractivity contribution in [3.63, 3.8) is 0 Å². The van der Waals surface area contributed by atoms with Crippen LogP contribution in [0.4, 0.5) is 4.39 Å². The van der Waals surface area contributed by atoms with Gasteiger partial charge in [0.15, 0.2) is 0 Å². The summed E-state index contributed by atoms with van der Waals surface area (Å²) in [4.78, 5) is 2.65. The highest BCUT2D eigenvalue weighted by Gasteiger charge is 2.43. The highest BCUT2D eigenvalue weighted by atomic mass is 19.1. The third-order valence-electron chi connectivity index (χ3n) is 5.96. The van der Waals surface area contributed by atoms with Crippen LogP contribution < -0.4 is 0 Å². The van der Waals surface area contributed by atoms with E-state index in [1.165, 1.54) is 37.8 Å². The third kappa shape index (κ3) is 2.59. The van der Waals surface area contributed by atoms with Crippen molar-refractivity contribution in [2.75, 3.05) is 13.1 Å². The molecule has 1 nitrogen and oxygen atoms in total. The second kappa shape index (κ2) is 5.63. The van der Waals surface area contributed by atoms with E-state index in [1.807, 2.05) is 6.08 Å². The Morgan fingerprint density at radius 1 is 1.35 bits per heavy atom. The first-order chi connectivity index (χ1) is 9.62. The molecule has 0 aromatic heterocycles. The molecule has 1 heterocycles. The van der Waals surface area contributed by atoms with E-state index < -0.39 is 0 Å². The van der Waals surface area contributed by atoms with Gasteiger partial charge in [-0.3, -0.25) is 4.90 Å². The van der Waals surface area contributed by atoms with Gasteiger partial charge in [0.05, 0.1) is 0 Å². The minimum atomic E-state index is 0.154. The van der Waals surface area contributed by atoms with Gasteiger partial charge in [0, 0.05) is 18.0 Å². The van der Waals surface area contributed by atoms with Crippen LogP contribution in [0.2, 0.25) is 0 Å². The molecule has 0 N–H and O–H groups in total. The summed E-state index contributed by atoms with van der Waals surface area (Å²) in [5, 5.41) is 0. The van der Waals surface area contributed by atoms with Crippen molar-refractivity contribution in [2.45, 2.75) is 64.3 Å². The van der Waals surface area contributed by atoms with Crippen LogP contribution >= 0.6 is 0 Å². The van der Waals surface area contributed by atoms with Gasteiger partial charge in [-0.2, -0.15) is 0 Å². The fourth-order valence-corrected chi connectivity index (χ4v) is 4.25. The molecular formula is C18H28FN. The van der Waals surface area contributed by atoms with Gasteiger partial charge in [0.2, 0.25) is 0 Å². The molecule has 2 atom stereocenters. The van der Waals surface area contributed by atoms with Crippen molar-refractivity contribution in [1.82, 2.24) is 4.90 Å². The summed E-state index contributed by atoms with van der Waals surface area (Å²) in [6.07, 6.45) is 12.3. The van der Waals surface area contributed by atoms with Gasteiger partial charge >= 0.3 is 0 Å². The lowest BCUT2D eigenvalue weighted by atomic mass is 9.77. The van der Waals surface area contributed by atoms with Gasteiger partial charge in [-0.05, 0) is 76.0 Å². The van der Waals surface area contributed by atoms with E-state index >= 15 is 0 Å². The Morgan fingerprint density at radius 2 is 2.15 bits per heavy atom. The maximum atomic E-state index is 14.5. The summed E-state index contributed by atoms with van der Waals surface area (Å²) in [6, 6.07) is 0. The molecule has 2 unspecified atom stereocenters. The fourth-order valence-electron chi connectivity index (χ4n) is 4.25. The summed E-state index contributed by atoms with van der Waals surface area (Å²) >= 11 is 0. The van der Waals surface area contributed by atoms with E-state index in [2.05, 4.69) is 24.8 Å². The Balaban J connectivity index is 1.66. The molecule has 20 heavy (non-hydrogen) atoms. The quantitative estimate of drug-likeness (QED) is 0.712. The molecule has 0 radical (unpaired) electrons. The predicted octanol–water partition coefficient (Wildman–Crippen LogP) is 4.85. The molecule has 0 aromatic carbocycles. The molecule has 2 aliphatic carbocycles. The van der Waals surface area contributed by atoms with Gasteiger partial charge < -0.3 is 0 Å². The molecule has 3 aliphatic rings. The van der Waals surface area contributed by atoms with Crippen LogP contribution in [0.1, 0.15) is 58.8 Å². The number of nitrogens with zero attached hydrogens (tertiary/aromatic N) is 1. The van der Waals surface area contributed by atoms with E-state index in [-0.39, 0.29) is 11.7 Å². The van der Waals surface area contributed by atoms with Crippen LogP contribution in [-0.4, -0.2) is 23.5 Å². The number of allylic oxidation sites excluding steroid dienone is 4. The second-order valence-electron chi connectivity index (χ2n) is 7.19. The lowest BCUT2D eigenvalue weighted by Crippen LogP contribution is -2.50. The predicted molar refractivity (Wildman–Crippen MR) is 82.2 cm³/mol. The molecule has 1 saturated heterocycles. The average molecular weight is 277 g/mol. The van der Waals surface area contributed by atoms with Crippen molar-refractivity contribution in [1.29, 1.82) is 0 Å². The minimum Gasteiger partial charge on any atom is -0.298 e. The van der Waals surface area contributed by atoms with Crippen LogP contribution in [0.5, 0.6) is 0 Å². The molecule has 0 spiro atoms. The number of hydrogen-bond donors (Lipinski definition) is 0. The highest BCUT2D eigenvalue weighted by Crippen LogP contribution is 2.43. The zero-order valence-corrected chi connectivity index (χ0v) is 13.0. The Hall–Kier alpha value is -0.630. The van der Waals surface area contributed by atoms with Crippen LogP contribution in [0, 0.1) is 11.8 Å². The summed E-state index contributed by atoms with van der Waals surface area (Å²) in [6.45, 7) is 6.81. The van der Waals surface area contributed by atoms with Crippen LogP contribution in [0.15, 0.2) is 23.6 Å². The number of hydrogen-bond acceptors (Lipinski definition) is 1. The van der Waals surface area contributed by atoms with E-state index in [4.69, 9.17) is 0 Å². The molecule has 1 aliphatic heterocycles. The lowest BCUT2D eigenvalue weighted by Gasteiger charge is -2.46. The first-order valence-electron chi connectivity index (χ1n) is 8.43. The highest BCUT2D eigenvalue weighted by molar-refractivity contribution is 5.24. The van der Waals surface area contributed by atoms with E-state index in [1.54, 1.807) is 0 Å². The van der Waals surface area contributed by atoms with Gasteiger partial charge in [0.1, 0.15) is 5.83 Å². The summed E-state index contributed by atoms with van der Waals surface area (Å²) in [5.74, 6) is 0.860. The van der Waals surface area contributed by atoms with Crippen LogP contribution in [0.25, 0.3) is 0 Å². The number of rotatable bonds is 3. The standard InChI is InChI=1S/C18H28FN/c1-3-14-6-4-7-16(17(19)12-14)15-8-11-20(13-15)18(2)9-5-10-18/h6,12,15-16H,3-5,7-11,13H2,1-2H3. The molecule has 0 aromatic rings. The van der Waals surface area contributed by atoms with Gasteiger partial charge in [-0.25, -0.2) is 4.39 Å². The van der Waals surface area contributed by atoms with E-state index in [0.29, 0.717) is 11.5 Å². The van der Waals surface area contributed by atoms with Gasteiger partial charge in [-0.1, -0.05) is 13.0 Å². The fraction of sp³-hybridized carbons (Fsp3) is 0.778. The molecular weight excluding hydrogens is 249 g/mol. The molecule has 1 saturated carbocycles. The summed E-state index contributed by atoms with van der Waals surface area (Å²) in [7, 11) is 0. The summed E-state index contributed by atoms with van der Waals surface area (Å²) in [5.41, 5.74) is 1.62. The molecule has 0 bridgehead atoms. The van der Waals surface area contributed by atoms with Crippen molar-refractivity contribution >= 4 is 0 Å². The van der Waals surface area contributed by atoms with Crippen molar-refractivity contribution in [2.24, 2.45) is 11.8 Å². The van der Waals surface area contributed by atoms with Crippen molar-refractivity contribution < 1.29 is 4.39 Å². The van der Waals surface area contributed by atoms with Gasteiger partial charge in [-0.15, -0.1) is 0 Å². The number of likely N-dealkylation sites (tertiary alicyclic amines) is 1. The Kier molecular flexibility index (Phi) is 4.03. The van der Waals surface area contributed by atoms with E-state index in [9.17, 15) is 4.39 Å². The van der Waals surface area contributed by atoms with Crippen LogP contribution in [0.3, 0.4) is 0 Å². The minimum absolute atomic E-state index is 0.154. The topological polar surface area (TPSA) is 3.24 Å². The first-order valence-corrected chi connectivity index (χ1v) is 8.43. The van der Waals surface area contributed by atoms with Crippen molar-refractivity contribution in [3.8, 4) is 0 Å². The Bertz CT molecular complexity index is 419. The zero-order chi connectivity index (χ0) is 14.2. The van der Waals surface area contributed by atoms with Crippen LogP contribution in [-0.2, 0) is 0 Å². The average Bonchev–Trinajstić information content (AvgIpc) is 2.81. The monoisotopic (exact) mass is 277 g/mol. The SMILES string of the molecule is CCC1=CCCC(C2CCN(C3(C)CCC3)C2)C(F)=C1. The Morgan fingerprint density at radius 3 is 2.80 bits per heavy atom. The molecule has 112 valence electrons. The Labute approximate surface area is 122 Å². The largest absolute Gasteiger partial charge is 0.298 e. The molecule has 2 fully saturated rings. The lowest BCUT2D eigenvalue weighted by molar-refractivity contribution is 0.0482. The molecule has 3 rings (SSSR count). The number of halogens is 1. The zero-order valence-electron chi connectivity index (χ0n) is 13.0. The summed E-state index contributed by atoms with van der Waals surface area (Å²) < 4.78 is 14.5. The van der Waals surface area contributed by atoms with Gasteiger partial charge in [0.25, 0.3) is 0 Å². The maximum Gasteiger partial charge on any atom is 0.104 e. The normalized spacial score (nSPS) is 34.1. The van der Waals surface area contributed by atoms with Crippen molar-refractivity contribution in [3.05, 3.63) is 23.6 Å². The smallest absolute Gasteiger partial charge is 0.104 e. The molecule has 0 amide bonds. The maximum absolute atomic E-state index is 14.5. The van der Waals surface area contributed by atoms with E-state index in [0.717, 1.165) is 25.8 Å². The first kappa shape index (κ1) is 14.3. The second-order valence-corrected chi connectivity index (χ2v) is 7.19. The third-order valence-corrected chi connectivity index (χ3v) is 5.96.